The zero-order chi connectivity index (χ0) is 11.3. The summed E-state index contributed by atoms with van der Waals surface area (Å²) in [5.74, 6) is -1.72. The van der Waals surface area contributed by atoms with Crippen molar-refractivity contribution in [1.29, 1.82) is 0 Å². The second-order valence-corrected chi connectivity index (χ2v) is 3.14. The molecule has 1 N–H and O–H groups in total. The number of halogens is 2. The Labute approximate surface area is 91.2 Å². The molecule has 3 nitrogen and oxygen atoms in total. The van der Waals surface area contributed by atoms with Crippen LogP contribution in [0.3, 0.4) is 0 Å². The summed E-state index contributed by atoms with van der Waals surface area (Å²) in [6.07, 6.45) is -0.335. The van der Waals surface area contributed by atoms with Crippen molar-refractivity contribution in [2.24, 2.45) is 0 Å². The van der Waals surface area contributed by atoms with Gasteiger partial charge in [-0.15, -0.1) is 11.6 Å². The number of hydrogen-bond donors (Lipinski definition) is 1. The van der Waals surface area contributed by atoms with Crippen LogP contribution >= 0.6 is 11.6 Å². The highest BCUT2D eigenvalue weighted by Gasteiger charge is 2.10. The molecule has 0 radical (unpaired) electrons. The Morgan fingerprint density at radius 2 is 2.00 bits per heavy atom. The Hall–Kier alpha value is -1.42. The van der Waals surface area contributed by atoms with Crippen molar-refractivity contribution in [3.05, 3.63) is 30.1 Å². The normalized spacial score (nSPS) is 9.73. The number of amides is 1. The Morgan fingerprint density at radius 1 is 1.33 bits per heavy atom. The molecule has 0 bridgehead atoms. The molecule has 0 atom stereocenters. The minimum absolute atomic E-state index is 0.0601. The second-order valence-electron chi connectivity index (χ2n) is 2.88. The quantitative estimate of drug-likeness (QED) is 0.634. The van der Waals surface area contributed by atoms with Gasteiger partial charge in [0, 0.05) is 0 Å². The largest absolute Gasteiger partial charge is 0.323 e. The Morgan fingerprint density at radius 3 is 2.60 bits per heavy atom. The van der Waals surface area contributed by atoms with E-state index in [9.17, 15) is 14.0 Å². The lowest BCUT2D eigenvalue weighted by Crippen LogP contribution is -2.17. The molecular weight excluding hydrogens is 221 g/mol. The van der Waals surface area contributed by atoms with Crippen LogP contribution in [-0.4, -0.2) is 17.6 Å². The zero-order valence-electron chi connectivity index (χ0n) is 7.80. The molecule has 1 amide bonds. The van der Waals surface area contributed by atoms with Gasteiger partial charge in [-0.05, 0) is 12.1 Å². The fourth-order valence-corrected chi connectivity index (χ4v) is 1.08. The summed E-state index contributed by atoms with van der Waals surface area (Å²) in [5, 5.41) is 2.28. The number of ketones is 1. The predicted octanol–water partition coefficient (Wildman–Crippen LogP) is 1.96. The molecule has 80 valence electrons. The van der Waals surface area contributed by atoms with E-state index in [0.29, 0.717) is 0 Å². The molecule has 0 aromatic heterocycles. The number of carbonyl (C=O) groups excluding carboxylic acids is 2. The highest BCUT2D eigenvalue weighted by atomic mass is 35.5. The van der Waals surface area contributed by atoms with Crippen LogP contribution in [0.1, 0.15) is 6.42 Å². The Bertz CT molecular complexity index is 381. The van der Waals surface area contributed by atoms with Gasteiger partial charge in [-0.1, -0.05) is 12.1 Å². The molecule has 0 fully saturated rings. The molecule has 5 heteroatoms. The minimum Gasteiger partial charge on any atom is -0.323 e. The van der Waals surface area contributed by atoms with Crippen molar-refractivity contribution in [3.63, 3.8) is 0 Å². The maximum Gasteiger partial charge on any atom is 0.231 e. The fourth-order valence-electron chi connectivity index (χ4n) is 0.983. The fraction of sp³-hybridized carbons (Fsp3) is 0.200. The first-order valence-electron chi connectivity index (χ1n) is 4.25. The van der Waals surface area contributed by atoms with Gasteiger partial charge in [0.05, 0.1) is 18.0 Å². The average molecular weight is 230 g/mol. The molecule has 15 heavy (non-hydrogen) atoms. The highest BCUT2D eigenvalue weighted by Crippen LogP contribution is 2.12. The number of Topliss-reactive ketones (excluding diaryl/α,β-unsaturated/α-hetero) is 1. The molecule has 0 aliphatic heterocycles. The SMILES string of the molecule is O=C(CCl)CC(=O)Nc1ccccc1F. The lowest BCUT2D eigenvalue weighted by atomic mass is 10.2. The second kappa shape index (κ2) is 5.46. The van der Waals surface area contributed by atoms with E-state index in [-0.39, 0.29) is 18.0 Å². The van der Waals surface area contributed by atoms with Crippen molar-refractivity contribution in [2.75, 3.05) is 11.2 Å². The summed E-state index contributed by atoms with van der Waals surface area (Å²) < 4.78 is 13.0. The number of rotatable bonds is 4. The Balaban J connectivity index is 2.59. The lowest BCUT2D eigenvalue weighted by molar-refractivity contribution is -0.124. The zero-order valence-corrected chi connectivity index (χ0v) is 8.55. The Kier molecular flexibility index (Phi) is 4.24. The topological polar surface area (TPSA) is 46.2 Å². The van der Waals surface area contributed by atoms with Crippen LogP contribution in [0.25, 0.3) is 0 Å². The standard InChI is InChI=1S/C10H9ClFNO2/c11-6-7(14)5-10(15)13-9-4-2-1-3-8(9)12/h1-4H,5-6H2,(H,13,15). The molecule has 0 saturated heterocycles. The first kappa shape index (κ1) is 11.7. The van der Waals surface area contributed by atoms with E-state index < -0.39 is 17.5 Å². The summed E-state index contributed by atoms with van der Waals surface area (Å²) in [4.78, 5) is 22.0. The van der Waals surface area contributed by atoms with E-state index in [2.05, 4.69) is 5.32 Å². The third-order valence-electron chi connectivity index (χ3n) is 1.65. The third kappa shape index (κ3) is 3.67. The monoisotopic (exact) mass is 229 g/mol. The van der Waals surface area contributed by atoms with Gasteiger partial charge in [0.1, 0.15) is 5.82 Å². The summed E-state index contributed by atoms with van der Waals surface area (Å²) >= 11 is 5.23. The van der Waals surface area contributed by atoms with Crippen LogP contribution in [0.5, 0.6) is 0 Å². The van der Waals surface area contributed by atoms with Crippen LogP contribution in [0, 0.1) is 5.82 Å². The van der Waals surface area contributed by atoms with Crippen molar-refractivity contribution in [2.45, 2.75) is 6.42 Å². The number of carbonyl (C=O) groups is 2. The summed E-state index contributed by atoms with van der Waals surface area (Å²) in [6, 6.07) is 5.73. The van der Waals surface area contributed by atoms with Gasteiger partial charge in [-0.3, -0.25) is 9.59 Å². The van der Waals surface area contributed by atoms with Crippen LogP contribution in [0.15, 0.2) is 24.3 Å². The van der Waals surface area contributed by atoms with Gasteiger partial charge in [-0.25, -0.2) is 4.39 Å². The van der Waals surface area contributed by atoms with Crippen LogP contribution in [-0.2, 0) is 9.59 Å². The highest BCUT2D eigenvalue weighted by molar-refractivity contribution is 6.29. The summed E-state index contributed by atoms with van der Waals surface area (Å²) in [6.45, 7) is 0. The minimum atomic E-state index is -0.564. The van der Waals surface area contributed by atoms with E-state index in [1.54, 1.807) is 6.07 Å². The molecule has 0 spiro atoms. The van der Waals surface area contributed by atoms with Gasteiger partial charge in [-0.2, -0.15) is 0 Å². The third-order valence-corrected chi connectivity index (χ3v) is 1.95. The number of benzene rings is 1. The van der Waals surface area contributed by atoms with Crippen LogP contribution in [0.2, 0.25) is 0 Å². The number of hydrogen-bond acceptors (Lipinski definition) is 2. The maximum atomic E-state index is 13.0. The number of alkyl halides is 1. The van der Waals surface area contributed by atoms with E-state index in [4.69, 9.17) is 11.6 Å². The van der Waals surface area contributed by atoms with Crippen molar-refractivity contribution in [1.82, 2.24) is 0 Å². The number of nitrogens with one attached hydrogen (secondary N) is 1. The van der Waals surface area contributed by atoms with Crippen molar-refractivity contribution >= 4 is 29.0 Å². The van der Waals surface area contributed by atoms with Crippen molar-refractivity contribution < 1.29 is 14.0 Å². The van der Waals surface area contributed by atoms with Gasteiger partial charge in [0.15, 0.2) is 5.78 Å². The maximum absolute atomic E-state index is 13.0. The van der Waals surface area contributed by atoms with E-state index in [0.717, 1.165) is 0 Å². The van der Waals surface area contributed by atoms with Gasteiger partial charge in [0.25, 0.3) is 0 Å². The first-order chi connectivity index (χ1) is 7.13. The summed E-state index contributed by atoms with van der Waals surface area (Å²) in [7, 11) is 0. The van der Waals surface area contributed by atoms with Crippen LogP contribution < -0.4 is 5.32 Å². The van der Waals surface area contributed by atoms with Gasteiger partial charge >= 0.3 is 0 Å². The van der Waals surface area contributed by atoms with Crippen molar-refractivity contribution in [3.8, 4) is 0 Å². The summed E-state index contributed by atoms with van der Waals surface area (Å²) in [5.41, 5.74) is 0.0601. The number of anilines is 1. The van der Waals surface area contributed by atoms with Crippen LogP contribution in [0.4, 0.5) is 10.1 Å². The molecule has 1 aromatic carbocycles. The molecule has 0 aliphatic carbocycles. The molecule has 1 rings (SSSR count). The lowest BCUT2D eigenvalue weighted by Gasteiger charge is -2.04. The predicted molar refractivity (Wildman–Crippen MR) is 55.4 cm³/mol. The molecule has 1 aromatic rings. The molecule has 0 saturated carbocycles. The van der Waals surface area contributed by atoms with Gasteiger partial charge in [0.2, 0.25) is 5.91 Å². The number of para-hydroxylation sites is 1. The average Bonchev–Trinajstić information content (AvgIpc) is 2.21. The molecule has 0 aliphatic rings. The molecular formula is C10H9ClFNO2. The van der Waals surface area contributed by atoms with E-state index in [1.807, 2.05) is 0 Å². The smallest absolute Gasteiger partial charge is 0.231 e. The molecule has 0 heterocycles. The van der Waals surface area contributed by atoms with E-state index >= 15 is 0 Å². The van der Waals surface area contributed by atoms with E-state index in [1.165, 1.54) is 18.2 Å². The first-order valence-corrected chi connectivity index (χ1v) is 4.79. The molecule has 0 unspecified atom stereocenters. The van der Waals surface area contributed by atoms with Gasteiger partial charge < -0.3 is 5.32 Å².